The third-order valence-corrected chi connectivity index (χ3v) is 3.19. The predicted octanol–water partition coefficient (Wildman–Crippen LogP) is 2.47. The molecular weight excluding hydrogens is 250 g/mol. The summed E-state index contributed by atoms with van der Waals surface area (Å²) in [5.74, 6) is 2.30. The molecule has 0 aliphatic carbocycles. The zero-order valence-corrected chi connectivity index (χ0v) is 12.1. The Hall–Kier alpha value is -2.43. The number of nitrogens with zero attached hydrogens (tertiary/aromatic N) is 5. The summed E-state index contributed by atoms with van der Waals surface area (Å²) in [6.45, 7) is 4.03. The Kier molecular flexibility index (Phi) is 2.89. The number of aryl methyl sites for hydroxylation is 2. The maximum atomic E-state index is 4.58. The van der Waals surface area contributed by atoms with Gasteiger partial charge >= 0.3 is 0 Å². The Balaban J connectivity index is 2.19. The summed E-state index contributed by atoms with van der Waals surface area (Å²) in [4.78, 5) is 11.0. The van der Waals surface area contributed by atoms with Crippen LogP contribution in [0.3, 0.4) is 0 Å². The lowest BCUT2D eigenvalue weighted by Gasteiger charge is -2.13. The van der Waals surface area contributed by atoms with Gasteiger partial charge in [0.15, 0.2) is 5.82 Å². The monoisotopic (exact) mass is 267 g/mol. The number of hydrogen-bond donors (Lipinski definition) is 0. The Morgan fingerprint density at radius 2 is 1.70 bits per heavy atom. The van der Waals surface area contributed by atoms with E-state index in [0.717, 1.165) is 17.1 Å². The van der Waals surface area contributed by atoms with Crippen molar-refractivity contribution in [2.24, 2.45) is 0 Å². The van der Waals surface area contributed by atoms with Crippen LogP contribution in [-0.2, 0) is 0 Å². The second-order valence-corrected chi connectivity index (χ2v) is 5.16. The average Bonchev–Trinajstić information content (AvgIpc) is 2.81. The molecule has 0 atom stereocenters. The highest BCUT2D eigenvalue weighted by molar-refractivity contribution is 5.59. The first kappa shape index (κ1) is 12.6. The van der Waals surface area contributed by atoms with Gasteiger partial charge in [0, 0.05) is 31.4 Å². The van der Waals surface area contributed by atoms with E-state index in [0.29, 0.717) is 11.6 Å². The molecule has 0 fully saturated rings. The molecule has 3 rings (SSSR count). The number of aromatic nitrogens is 4. The van der Waals surface area contributed by atoms with Crippen molar-refractivity contribution in [1.82, 2.24) is 19.6 Å². The molecule has 0 bridgehead atoms. The average molecular weight is 267 g/mol. The van der Waals surface area contributed by atoms with Gasteiger partial charge in [-0.15, -0.1) is 5.10 Å². The van der Waals surface area contributed by atoms with Crippen LogP contribution in [0.25, 0.3) is 17.2 Å². The lowest BCUT2D eigenvalue weighted by atomic mass is 10.1. The molecule has 0 amide bonds. The first-order chi connectivity index (χ1) is 9.54. The van der Waals surface area contributed by atoms with Crippen LogP contribution in [0.4, 0.5) is 5.82 Å². The minimum absolute atomic E-state index is 0.629. The maximum Gasteiger partial charge on any atom is 0.254 e. The van der Waals surface area contributed by atoms with Gasteiger partial charge in [-0.05, 0) is 13.8 Å². The summed E-state index contributed by atoms with van der Waals surface area (Å²) in [5.41, 5.74) is 3.16. The van der Waals surface area contributed by atoms with Gasteiger partial charge in [-0.3, -0.25) is 0 Å². The van der Waals surface area contributed by atoms with Crippen molar-refractivity contribution in [3.63, 3.8) is 0 Å². The molecule has 0 aliphatic heterocycles. The maximum absolute atomic E-state index is 4.58. The van der Waals surface area contributed by atoms with Crippen molar-refractivity contribution in [2.45, 2.75) is 13.8 Å². The van der Waals surface area contributed by atoms with Crippen LogP contribution in [-0.4, -0.2) is 33.7 Å². The van der Waals surface area contributed by atoms with Crippen LogP contribution < -0.4 is 4.90 Å². The summed E-state index contributed by atoms with van der Waals surface area (Å²) in [6, 6.07) is 10.2. The number of rotatable bonds is 2. The summed E-state index contributed by atoms with van der Waals surface area (Å²) >= 11 is 0. The number of fused-ring (bicyclic) bond motifs is 1. The Labute approximate surface area is 117 Å². The van der Waals surface area contributed by atoms with Crippen LogP contribution in [0.5, 0.6) is 0 Å². The molecule has 2 aromatic heterocycles. The van der Waals surface area contributed by atoms with E-state index in [1.54, 1.807) is 4.52 Å². The highest BCUT2D eigenvalue weighted by Gasteiger charge is 2.12. The molecule has 102 valence electrons. The van der Waals surface area contributed by atoms with E-state index >= 15 is 0 Å². The summed E-state index contributed by atoms with van der Waals surface area (Å²) in [7, 11) is 3.98. The number of benzene rings is 1. The topological polar surface area (TPSA) is 46.3 Å². The molecule has 5 heteroatoms. The molecule has 0 N–H and O–H groups in total. The molecule has 0 saturated carbocycles. The van der Waals surface area contributed by atoms with E-state index in [1.165, 1.54) is 5.56 Å². The first-order valence-electron chi connectivity index (χ1n) is 6.53. The molecular formula is C15H17N5. The quantitative estimate of drug-likeness (QED) is 0.715. The fourth-order valence-corrected chi connectivity index (χ4v) is 2.11. The summed E-state index contributed by atoms with van der Waals surface area (Å²) in [5, 5.41) is 4.58. The van der Waals surface area contributed by atoms with Gasteiger partial charge < -0.3 is 4.90 Å². The molecule has 20 heavy (non-hydrogen) atoms. The van der Waals surface area contributed by atoms with Crippen LogP contribution in [0.1, 0.15) is 11.3 Å². The molecule has 0 saturated heterocycles. The minimum atomic E-state index is 0.629. The molecule has 0 aliphatic rings. The van der Waals surface area contributed by atoms with Crippen LogP contribution in [0.2, 0.25) is 0 Å². The van der Waals surface area contributed by atoms with Crippen LogP contribution >= 0.6 is 0 Å². The molecule has 5 nitrogen and oxygen atoms in total. The van der Waals surface area contributed by atoms with Crippen molar-refractivity contribution in [1.29, 1.82) is 0 Å². The Morgan fingerprint density at radius 3 is 2.35 bits per heavy atom. The van der Waals surface area contributed by atoms with Crippen molar-refractivity contribution in [3.8, 4) is 11.4 Å². The normalized spacial score (nSPS) is 11.0. The number of hydrogen-bond acceptors (Lipinski definition) is 4. The third-order valence-electron chi connectivity index (χ3n) is 3.19. The lowest BCUT2D eigenvalue weighted by Crippen LogP contribution is -2.14. The molecule has 0 spiro atoms. The van der Waals surface area contributed by atoms with Gasteiger partial charge in [-0.2, -0.15) is 9.50 Å². The molecule has 2 heterocycles. The van der Waals surface area contributed by atoms with Gasteiger partial charge in [0.25, 0.3) is 5.78 Å². The van der Waals surface area contributed by atoms with Crippen molar-refractivity contribution in [3.05, 3.63) is 41.6 Å². The predicted molar refractivity (Wildman–Crippen MR) is 80.0 cm³/mol. The van der Waals surface area contributed by atoms with Gasteiger partial charge in [0.2, 0.25) is 0 Å². The van der Waals surface area contributed by atoms with E-state index in [4.69, 9.17) is 0 Å². The first-order valence-corrected chi connectivity index (χ1v) is 6.53. The zero-order chi connectivity index (χ0) is 14.3. The Morgan fingerprint density at radius 1 is 1.00 bits per heavy atom. The van der Waals surface area contributed by atoms with Gasteiger partial charge in [-0.1, -0.05) is 29.8 Å². The van der Waals surface area contributed by atoms with E-state index in [-0.39, 0.29) is 0 Å². The van der Waals surface area contributed by atoms with Crippen molar-refractivity contribution in [2.75, 3.05) is 19.0 Å². The number of anilines is 1. The standard InChI is InChI=1S/C15H17N5/c1-10-5-7-12(8-6-10)14-17-15-16-11(2)9-13(19(3)4)20(15)18-14/h5-9H,1-4H3. The van der Waals surface area contributed by atoms with Gasteiger partial charge in [0.05, 0.1) is 0 Å². The zero-order valence-electron chi connectivity index (χ0n) is 12.1. The third kappa shape index (κ3) is 2.11. The van der Waals surface area contributed by atoms with E-state index in [9.17, 15) is 0 Å². The molecule has 3 aromatic rings. The SMILES string of the molecule is Cc1ccc(-c2nc3nc(C)cc(N(C)C)n3n2)cc1. The molecule has 0 radical (unpaired) electrons. The molecule has 0 unspecified atom stereocenters. The second kappa shape index (κ2) is 4.59. The van der Waals surface area contributed by atoms with Crippen LogP contribution in [0, 0.1) is 13.8 Å². The lowest BCUT2D eigenvalue weighted by molar-refractivity contribution is 0.890. The Bertz CT molecular complexity index is 756. The van der Waals surface area contributed by atoms with Crippen molar-refractivity contribution >= 4 is 11.6 Å². The van der Waals surface area contributed by atoms with E-state index in [2.05, 4.69) is 34.1 Å². The van der Waals surface area contributed by atoms with E-state index in [1.807, 2.05) is 44.1 Å². The molecule has 1 aromatic carbocycles. The highest BCUT2D eigenvalue weighted by Crippen LogP contribution is 2.20. The fraction of sp³-hybridized carbons (Fsp3) is 0.267. The second-order valence-electron chi connectivity index (χ2n) is 5.16. The smallest absolute Gasteiger partial charge is 0.254 e. The van der Waals surface area contributed by atoms with Gasteiger partial charge in [0.1, 0.15) is 5.82 Å². The van der Waals surface area contributed by atoms with E-state index < -0.39 is 0 Å². The summed E-state index contributed by atoms with van der Waals surface area (Å²) in [6.07, 6.45) is 0. The highest BCUT2D eigenvalue weighted by atomic mass is 15.4. The fourth-order valence-electron chi connectivity index (χ4n) is 2.11. The van der Waals surface area contributed by atoms with Gasteiger partial charge in [-0.25, -0.2) is 4.98 Å². The van der Waals surface area contributed by atoms with Crippen molar-refractivity contribution < 1.29 is 0 Å². The summed E-state index contributed by atoms with van der Waals surface area (Å²) < 4.78 is 1.78. The minimum Gasteiger partial charge on any atom is -0.363 e. The largest absolute Gasteiger partial charge is 0.363 e. The van der Waals surface area contributed by atoms with Crippen LogP contribution in [0.15, 0.2) is 30.3 Å².